The number of carbonyl (C=O) groups is 1. The lowest BCUT2D eigenvalue weighted by molar-refractivity contribution is 0.0536. The van der Waals surface area contributed by atoms with Gasteiger partial charge < -0.3 is 14.2 Å². The number of rotatable bonds is 4. The van der Waals surface area contributed by atoms with Crippen LogP contribution in [0.5, 0.6) is 5.75 Å². The Labute approximate surface area is 168 Å². The van der Waals surface area contributed by atoms with Gasteiger partial charge in [-0.1, -0.05) is 35.0 Å². The van der Waals surface area contributed by atoms with Crippen LogP contribution in [0.4, 0.5) is 0 Å². The summed E-state index contributed by atoms with van der Waals surface area (Å²) in [6.45, 7) is 2.92. The molecule has 4 rings (SSSR count). The summed E-state index contributed by atoms with van der Waals surface area (Å²) in [4.78, 5) is 19.1. The Hall–Kier alpha value is -2.86. The molecule has 2 aromatic heterocycles. The largest absolute Gasteiger partial charge is 0.488 e. The second-order valence-corrected chi connectivity index (χ2v) is 7.17. The molecule has 7 heteroatoms. The van der Waals surface area contributed by atoms with Crippen LogP contribution in [0.25, 0.3) is 11.3 Å². The molecule has 0 bridgehead atoms. The zero-order valence-electron chi connectivity index (χ0n) is 15.5. The molecule has 1 saturated heterocycles. The summed E-state index contributed by atoms with van der Waals surface area (Å²) in [5, 5.41) is 4.63. The van der Waals surface area contributed by atoms with Crippen LogP contribution in [0.15, 0.2) is 53.3 Å². The number of aryl methyl sites for hydroxylation is 1. The fourth-order valence-corrected chi connectivity index (χ4v) is 3.67. The standard InChI is InChI=1S/C21H20ClN3O3/c1-14-19(20(24-28-14)17-6-2-3-7-18(17)22)21(26)25-12-4-5-16(13-25)27-15-8-10-23-11-9-15/h2-3,6-11,16H,4-5,12-13H2,1H3. The molecule has 0 aliphatic carbocycles. The summed E-state index contributed by atoms with van der Waals surface area (Å²) in [7, 11) is 0. The van der Waals surface area contributed by atoms with E-state index in [1.807, 2.05) is 30.3 Å². The Bertz CT molecular complexity index is 974. The molecule has 0 N–H and O–H groups in total. The minimum Gasteiger partial charge on any atom is -0.488 e. The second-order valence-electron chi connectivity index (χ2n) is 6.76. The minimum absolute atomic E-state index is 0.0657. The summed E-state index contributed by atoms with van der Waals surface area (Å²) in [6, 6.07) is 10.9. The number of halogens is 1. The molecule has 1 aromatic carbocycles. The Balaban J connectivity index is 1.56. The number of amides is 1. The van der Waals surface area contributed by atoms with Crippen LogP contribution in [0, 0.1) is 6.92 Å². The molecule has 28 heavy (non-hydrogen) atoms. The number of piperidine rings is 1. The van der Waals surface area contributed by atoms with Crippen LogP contribution in [-0.4, -0.2) is 40.1 Å². The molecule has 0 radical (unpaired) electrons. The van der Waals surface area contributed by atoms with E-state index < -0.39 is 0 Å². The third-order valence-corrected chi connectivity index (χ3v) is 5.15. The van der Waals surface area contributed by atoms with Crippen molar-refractivity contribution in [3.63, 3.8) is 0 Å². The van der Waals surface area contributed by atoms with Crippen molar-refractivity contribution in [2.45, 2.75) is 25.9 Å². The maximum absolute atomic E-state index is 13.3. The third kappa shape index (κ3) is 3.73. The molecular weight excluding hydrogens is 378 g/mol. The summed E-state index contributed by atoms with van der Waals surface area (Å²) in [5.74, 6) is 1.13. The first-order valence-corrected chi connectivity index (χ1v) is 9.58. The van der Waals surface area contributed by atoms with Gasteiger partial charge in [-0.25, -0.2) is 0 Å². The molecule has 6 nitrogen and oxygen atoms in total. The van der Waals surface area contributed by atoms with Crippen molar-refractivity contribution in [2.75, 3.05) is 13.1 Å². The molecule has 3 heterocycles. The zero-order valence-corrected chi connectivity index (χ0v) is 16.2. The molecule has 1 aliphatic heterocycles. The summed E-state index contributed by atoms with van der Waals surface area (Å²) in [6.07, 6.45) is 5.08. The van der Waals surface area contributed by atoms with Crippen molar-refractivity contribution in [3.8, 4) is 17.0 Å². The Morgan fingerprint density at radius 1 is 1.25 bits per heavy atom. The molecule has 1 atom stereocenters. The van der Waals surface area contributed by atoms with E-state index in [-0.39, 0.29) is 12.0 Å². The molecule has 0 saturated carbocycles. The van der Waals surface area contributed by atoms with Crippen LogP contribution >= 0.6 is 11.6 Å². The second kappa shape index (κ2) is 8.02. The predicted octanol–water partition coefficient (Wildman–Crippen LogP) is 4.38. The van der Waals surface area contributed by atoms with E-state index in [4.69, 9.17) is 20.9 Å². The van der Waals surface area contributed by atoms with Gasteiger partial charge in [0.2, 0.25) is 0 Å². The Morgan fingerprint density at radius 2 is 2.04 bits per heavy atom. The fourth-order valence-electron chi connectivity index (χ4n) is 3.45. The highest BCUT2D eigenvalue weighted by Gasteiger charge is 2.31. The minimum atomic E-state index is -0.114. The van der Waals surface area contributed by atoms with Gasteiger partial charge in [0.05, 0.1) is 11.6 Å². The number of nitrogens with zero attached hydrogens (tertiary/aromatic N) is 3. The lowest BCUT2D eigenvalue weighted by Gasteiger charge is -2.33. The van der Waals surface area contributed by atoms with Gasteiger partial charge in [0.1, 0.15) is 28.9 Å². The predicted molar refractivity (Wildman–Crippen MR) is 105 cm³/mol. The number of hydrogen-bond donors (Lipinski definition) is 0. The number of likely N-dealkylation sites (tertiary alicyclic amines) is 1. The maximum atomic E-state index is 13.3. The van der Waals surface area contributed by atoms with E-state index in [1.54, 1.807) is 30.3 Å². The molecule has 144 valence electrons. The first kappa shape index (κ1) is 18.5. The van der Waals surface area contributed by atoms with Gasteiger partial charge >= 0.3 is 0 Å². The van der Waals surface area contributed by atoms with E-state index >= 15 is 0 Å². The van der Waals surface area contributed by atoms with Gasteiger partial charge in [-0.3, -0.25) is 9.78 Å². The van der Waals surface area contributed by atoms with Crippen molar-refractivity contribution in [1.82, 2.24) is 15.0 Å². The SMILES string of the molecule is Cc1onc(-c2ccccc2Cl)c1C(=O)N1CCCC(Oc2ccncc2)C1. The van der Waals surface area contributed by atoms with E-state index in [9.17, 15) is 4.79 Å². The van der Waals surface area contributed by atoms with Gasteiger partial charge in [-0.05, 0) is 38.0 Å². The number of benzene rings is 1. The van der Waals surface area contributed by atoms with Crippen LogP contribution in [0.3, 0.4) is 0 Å². The lowest BCUT2D eigenvalue weighted by atomic mass is 10.0. The van der Waals surface area contributed by atoms with E-state index in [0.717, 1.165) is 18.6 Å². The quantitative estimate of drug-likeness (QED) is 0.653. The van der Waals surface area contributed by atoms with Crippen LogP contribution in [0.2, 0.25) is 5.02 Å². The normalized spacial score (nSPS) is 16.8. The summed E-state index contributed by atoms with van der Waals surface area (Å²) in [5.41, 5.74) is 1.62. The first-order valence-electron chi connectivity index (χ1n) is 9.20. The molecule has 1 fully saturated rings. The van der Waals surface area contributed by atoms with Gasteiger partial charge in [-0.15, -0.1) is 0 Å². The van der Waals surface area contributed by atoms with Gasteiger partial charge in [0, 0.05) is 24.5 Å². The van der Waals surface area contributed by atoms with Crippen LogP contribution < -0.4 is 4.74 Å². The highest BCUT2D eigenvalue weighted by molar-refractivity contribution is 6.33. The molecular formula is C21H20ClN3O3. The monoisotopic (exact) mass is 397 g/mol. The van der Waals surface area contributed by atoms with E-state index in [0.29, 0.717) is 40.7 Å². The van der Waals surface area contributed by atoms with Crippen molar-refractivity contribution in [2.24, 2.45) is 0 Å². The topological polar surface area (TPSA) is 68.5 Å². The molecule has 0 spiro atoms. The molecule has 3 aromatic rings. The third-order valence-electron chi connectivity index (χ3n) is 4.82. The maximum Gasteiger partial charge on any atom is 0.259 e. The summed E-state index contributed by atoms with van der Waals surface area (Å²) >= 11 is 6.31. The highest BCUT2D eigenvalue weighted by Crippen LogP contribution is 2.32. The van der Waals surface area contributed by atoms with Crippen molar-refractivity contribution in [3.05, 3.63) is 65.1 Å². The van der Waals surface area contributed by atoms with Gasteiger partial charge in [0.15, 0.2) is 0 Å². The van der Waals surface area contributed by atoms with E-state index in [2.05, 4.69) is 10.1 Å². The van der Waals surface area contributed by atoms with Crippen LogP contribution in [-0.2, 0) is 0 Å². The van der Waals surface area contributed by atoms with Crippen molar-refractivity contribution >= 4 is 17.5 Å². The zero-order chi connectivity index (χ0) is 19.5. The van der Waals surface area contributed by atoms with Gasteiger partial charge in [0.25, 0.3) is 5.91 Å². The van der Waals surface area contributed by atoms with Crippen molar-refractivity contribution < 1.29 is 14.1 Å². The number of aromatic nitrogens is 2. The fraction of sp³-hybridized carbons (Fsp3) is 0.286. The Kier molecular flexibility index (Phi) is 5.30. The molecule has 1 amide bonds. The summed E-state index contributed by atoms with van der Waals surface area (Å²) < 4.78 is 11.4. The van der Waals surface area contributed by atoms with Gasteiger partial charge in [-0.2, -0.15) is 0 Å². The average Bonchev–Trinajstić information content (AvgIpc) is 3.10. The first-order chi connectivity index (χ1) is 13.6. The highest BCUT2D eigenvalue weighted by atomic mass is 35.5. The van der Waals surface area contributed by atoms with E-state index in [1.165, 1.54) is 0 Å². The lowest BCUT2D eigenvalue weighted by Crippen LogP contribution is -2.44. The number of pyridine rings is 1. The van der Waals surface area contributed by atoms with Crippen LogP contribution in [0.1, 0.15) is 29.0 Å². The average molecular weight is 398 g/mol. The number of hydrogen-bond acceptors (Lipinski definition) is 5. The van der Waals surface area contributed by atoms with Crippen molar-refractivity contribution in [1.29, 1.82) is 0 Å². The number of carbonyl (C=O) groups excluding carboxylic acids is 1. The number of ether oxygens (including phenoxy) is 1. The Morgan fingerprint density at radius 3 is 2.82 bits per heavy atom. The smallest absolute Gasteiger partial charge is 0.259 e. The molecule has 1 aliphatic rings. The molecule has 1 unspecified atom stereocenters.